The summed E-state index contributed by atoms with van der Waals surface area (Å²) in [5, 5.41) is 0. The molecule has 0 amide bonds. The quantitative estimate of drug-likeness (QED) is 0.845. The molecule has 2 aromatic heterocycles. The molecule has 1 unspecified atom stereocenters. The molecule has 6 heteroatoms. The highest BCUT2D eigenvalue weighted by Crippen LogP contribution is 2.27. The molecule has 122 valence electrons. The molecule has 0 aromatic carbocycles. The molecular weight excluding hydrogens is 292 g/mol. The standard InChI is InChI=1S/C17H22N4O2/c1-13-10-15(5-6-18-13)23-12-14-4-3-9-21(11-14)16-17(22-2)20-8-7-19-16/h5-8,10,14H,3-4,9,11-12H2,1-2H3. The van der Waals surface area contributed by atoms with E-state index in [9.17, 15) is 0 Å². The molecule has 1 aliphatic heterocycles. The number of hydrogen-bond donors (Lipinski definition) is 0. The second-order valence-electron chi connectivity index (χ2n) is 5.79. The second-order valence-corrected chi connectivity index (χ2v) is 5.79. The van der Waals surface area contributed by atoms with E-state index in [1.807, 2.05) is 19.1 Å². The first-order valence-electron chi connectivity index (χ1n) is 7.91. The first-order valence-corrected chi connectivity index (χ1v) is 7.91. The number of pyridine rings is 1. The van der Waals surface area contributed by atoms with Crippen LogP contribution in [0, 0.1) is 12.8 Å². The molecule has 1 fully saturated rings. The van der Waals surface area contributed by atoms with Crippen molar-refractivity contribution < 1.29 is 9.47 Å². The van der Waals surface area contributed by atoms with Crippen LogP contribution in [0.4, 0.5) is 5.82 Å². The molecule has 0 saturated carbocycles. The third kappa shape index (κ3) is 3.88. The number of ether oxygens (including phenoxy) is 2. The van der Waals surface area contributed by atoms with Crippen LogP contribution in [0.2, 0.25) is 0 Å². The van der Waals surface area contributed by atoms with Gasteiger partial charge in [0, 0.05) is 49.4 Å². The molecule has 2 aromatic rings. The molecule has 3 heterocycles. The van der Waals surface area contributed by atoms with Crippen molar-refractivity contribution in [2.24, 2.45) is 5.92 Å². The van der Waals surface area contributed by atoms with Gasteiger partial charge in [-0.3, -0.25) is 4.98 Å². The Morgan fingerprint density at radius 3 is 2.91 bits per heavy atom. The van der Waals surface area contributed by atoms with Crippen molar-refractivity contribution in [1.82, 2.24) is 15.0 Å². The molecule has 6 nitrogen and oxygen atoms in total. The van der Waals surface area contributed by atoms with E-state index in [2.05, 4.69) is 19.9 Å². The summed E-state index contributed by atoms with van der Waals surface area (Å²) in [5.74, 6) is 2.74. The predicted octanol–water partition coefficient (Wildman–Crippen LogP) is 2.48. The Kier molecular flexibility index (Phi) is 4.90. The highest BCUT2D eigenvalue weighted by atomic mass is 16.5. The predicted molar refractivity (Wildman–Crippen MR) is 88.0 cm³/mol. The smallest absolute Gasteiger partial charge is 0.257 e. The van der Waals surface area contributed by atoms with Crippen molar-refractivity contribution in [3.8, 4) is 11.6 Å². The first kappa shape index (κ1) is 15.5. The van der Waals surface area contributed by atoms with Crippen LogP contribution in [0.1, 0.15) is 18.5 Å². The first-order chi connectivity index (χ1) is 11.3. The van der Waals surface area contributed by atoms with E-state index >= 15 is 0 Å². The minimum atomic E-state index is 0.462. The molecule has 23 heavy (non-hydrogen) atoms. The summed E-state index contributed by atoms with van der Waals surface area (Å²) in [7, 11) is 1.63. The van der Waals surface area contributed by atoms with Crippen molar-refractivity contribution in [3.63, 3.8) is 0 Å². The molecule has 1 aliphatic rings. The fourth-order valence-electron chi connectivity index (χ4n) is 2.90. The van der Waals surface area contributed by atoms with E-state index in [1.54, 1.807) is 25.7 Å². The van der Waals surface area contributed by atoms with E-state index in [4.69, 9.17) is 9.47 Å². The Morgan fingerprint density at radius 1 is 1.22 bits per heavy atom. The van der Waals surface area contributed by atoms with Gasteiger partial charge in [0.2, 0.25) is 0 Å². The van der Waals surface area contributed by atoms with Crippen LogP contribution in [0.3, 0.4) is 0 Å². The maximum absolute atomic E-state index is 5.93. The van der Waals surface area contributed by atoms with Gasteiger partial charge in [0.25, 0.3) is 5.88 Å². The topological polar surface area (TPSA) is 60.4 Å². The Morgan fingerprint density at radius 2 is 2.09 bits per heavy atom. The summed E-state index contributed by atoms with van der Waals surface area (Å²) in [6.07, 6.45) is 7.41. The Balaban J connectivity index is 1.62. The van der Waals surface area contributed by atoms with Crippen molar-refractivity contribution in [2.45, 2.75) is 19.8 Å². The number of nitrogens with zero attached hydrogens (tertiary/aromatic N) is 4. The summed E-state index contributed by atoms with van der Waals surface area (Å²) >= 11 is 0. The maximum atomic E-state index is 5.93. The lowest BCUT2D eigenvalue weighted by molar-refractivity contribution is 0.227. The van der Waals surface area contributed by atoms with Crippen LogP contribution in [0.25, 0.3) is 0 Å². The monoisotopic (exact) mass is 314 g/mol. The lowest BCUT2D eigenvalue weighted by Crippen LogP contribution is -2.38. The van der Waals surface area contributed by atoms with Crippen molar-refractivity contribution in [1.29, 1.82) is 0 Å². The fourth-order valence-corrected chi connectivity index (χ4v) is 2.90. The second kappa shape index (κ2) is 7.26. The SMILES string of the molecule is COc1nccnc1N1CCCC(COc2ccnc(C)c2)C1. The van der Waals surface area contributed by atoms with E-state index in [1.165, 1.54) is 0 Å². The van der Waals surface area contributed by atoms with Crippen LogP contribution in [0.5, 0.6) is 11.6 Å². The van der Waals surface area contributed by atoms with Gasteiger partial charge in [0.15, 0.2) is 5.82 Å². The normalized spacial score (nSPS) is 17.8. The Hall–Kier alpha value is -2.37. The molecule has 1 saturated heterocycles. The van der Waals surface area contributed by atoms with Crippen molar-refractivity contribution in [2.75, 3.05) is 31.7 Å². The zero-order valence-electron chi connectivity index (χ0n) is 13.6. The van der Waals surface area contributed by atoms with Crippen LogP contribution < -0.4 is 14.4 Å². The van der Waals surface area contributed by atoms with Crippen LogP contribution >= 0.6 is 0 Å². The Bertz CT molecular complexity index is 650. The molecule has 0 radical (unpaired) electrons. The number of aryl methyl sites for hydroxylation is 1. The van der Waals surface area contributed by atoms with Gasteiger partial charge in [-0.25, -0.2) is 9.97 Å². The minimum Gasteiger partial charge on any atom is -0.493 e. The zero-order valence-corrected chi connectivity index (χ0v) is 13.6. The van der Waals surface area contributed by atoms with E-state index in [0.717, 1.165) is 43.2 Å². The molecular formula is C17H22N4O2. The average Bonchev–Trinajstić information content (AvgIpc) is 2.60. The molecule has 0 N–H and O–H groups in total. The van der Waals surface area contributed by atoms with Gasteiger partial charge in [0.1, 0.15) is 5.75 Å². The van der Waals surface area contributed by atoms with Gasteiger partial charge in [-0.15, -0.1) is 0 Å². The van der Waals surface area contributed by atoms with Gasteiger partial charge < -0.3 is 14.4 Å². The molecule has 0 spiro atoms. The Labute approximate surface area is 136 Å². The van der Waals surface area contributed by atoms with Gasteiger partial charge in [-0.2, -0.15) is 0 Å². The van der Waals surface area contributed by atoms with Gasteiger partial charge >= 0.3 is 0 Å². The molecule has 1 atom stereocenters. The molecule has 0 aliphatic carbocycles. The lowest BCUT2D eigenvalue weighted by Gasteiger charge is -2.33. The third-order valence-electron chi connectivity index (χ3n) is 4.01. The number of hydrogen-bond acceptors (Lipinski definition) is 6. The minimum absolute atomic E-state index is 0.462. The van der Waals surface area contributed by atoms with Gasteiger partial charge in [0.05, 0.1) is 13.7 Å². The summed E-state index contributed by atoms with van der Waals surface area (Å²) < 4.78 is 11.3. The van der Waals surface area contributed by atoms with E-state index in [0.29, 0.717) is 18.4 Å². The van der Waals surface area contributed by atoms with Crippen LogP contribution in [0.15, 0.2) is 30.7 Å². The fraction of sp³-hybridized carbons (Fsp3) is 0.471. The van der Waals surface area contributed by atoms with Crippen LogP contribution in [-0.2, 0) is 0 Å². The summed E-state index contributed by atoms with van der Waals surface area (Å²) in [6, 6.07) is 3.87. The van der Waals surface area contributed by atoms with Crippen molar-refractivity contribution >= 4 is 5.82 Å². The maximum Gasteiger partial charge on any atom is 0.257 e. The van der Waals surface area contributed by atoms with Gasteiger partial charge in [-0.1, -0.05) is 0 Å². The number of anilines is 1. The zero-order chi connectivity index (χ0) is 16.1. The largest absolute Gasteiger partial charge is 0.493 e. The van der Waals surface area contributed by atoms with Crippen LogP contribution in [-0.4, -0.2) is 41.8 Å². The number of methoxy groups -OCH3 is 1. The van der Waals surface area contributed by atoms with E-state index in [-0.39, 0.29) is 0 Å². The lowest BCUT2D eigenvalue weighted by atomic mass is 9.99. The number of piperidine rings is 1. The summed E-state index contributed by atoms with van der Waals surface area (Å²) in [4.78, 5) is 15.1. The molecule has 3 rings (SSSR count). The average molecular weight is 314 g/mol. The third-order valence-corrected chi connectivity index (χ3v) is 4.01. The highest BCUT2D eigenvalue weighted by molar-refractivity contribution is 5.48. The number of aromatic nitrogens is 3. The molecule has 0 bridgehead atoms. The number of rotatable bonds is 5. The summed E-state index contributed by atoms with van der Waals surface area (Å²) in [6.45, 7) is 4.54. The van der Waals surface area contributed by atoms with E-state index < -0.39 is 0 Å². The summed E-state index contributed by atoms with van der Waals surface area (Å²) in [5.41, 5.74) is 0.970. The van der Waals surface area contributed by atoms with Gasteiger partial charge in [-0.05, 0) is 25.8 Å². The highest BCUT2D eigenvalue weighted by Gasteiger charge is 2.24. The van der Waals surface area contributed by atoms with Crippen molar-refractivity contribution in [3.05, 3.63) is 36.4 Å².